The van der Waals surface area contributed by atoms with Crippen LogP contribution in [0.5, 0.6) is 5.75 Å². The van der Waals surface area contributed by atoms with Crippen molar-refractivity contribution in [1.82, 2.24) is 10.9 Å². The van der Waals surface area contributed by atoms with Crippen LogP contribution in [0.4, 0.5) is 0 Å². The minimum absolute atomic E-state index is 0.0848. The molecule has 2 aromatic rings. The van der Waals surface area contributed by atoms with E-state index in [1.807, 2.05) is 6.92 Å². The molecule has 114 valence electrons. The first kappa shape index (κ1) is 16.2. The van der Waals surface area contributed by atoms with Crippen molar-refractivity contribution in [2.75, 3.05) is 0 Å². The van der Waals surface area contributed by atoms with Gasteiger partial charge in [-0.3, -0.25) is 15.6 Å². The molecule has 0 bridgehead atoms. The standard InChI is InChI=1S/C16H14Cl2N2O2/c1-2-14(10-7-8-12(17)13(18)9-10)19-20-16(22)11-5-3-4-6-15(11)21/h2-9,19,21H,1H3,(H,20,22)/b14-2-. The number of carbonyl (C=O) groups is 1. The number of rotatable bonds is 4. The van der Waals surface area contributed by atoms with E-state index in [2.05, 4.69) is 10.9 Å². The molecular weight excluding hydrogens is 323 g/mol. The Labute approximate surface area is 138 Å². The van der Waals surface area contributed by atoms with Crippen molar-refractivity contribution in [3.63, 3.8) is 0 Å². The molecule has 1 amide bonds. The molecule has 0 aliphatic rings. The lowest BCUT2D eigenvalue weighted by Crippen LogP contribution is -2.36. The molecule has 0 unspecified atom stereocenters. The van der Waals surface area contributed by atoms with Gasteiger partial charge in [-0.05, 0) is 31.2 Å². The van der Waals surface area contributed by atoms with Gasteiger partial charge in [-0.15, -0.1) is 0 Å². The molecule has 0 spiro atoms. The van der Waals surface area contributed by atoms with Gasteiger partial charge in [-0.1, -0.05) is 47.5 Å². The summed E-state index contributed by atoms with van der Waals surface area (Å²) in [6.07, 6.45) is 1.78. The second-order valence-corrected chi connectivity index (χ2v) is 5.24. The quantitative estimate of drug-likeness (QED) is 0.739. The zero-order valence-corrected chi connectivity index (χ0v) is 13.2. The van der Waals surface area contributed by atoms with Crippen LogP contribution in [0.1, 0.15) is 22.8 Å². The fraction of sp³-hybridized carbons (Fsp3) is 0.0625. The number of hydrogen-bond donors (Lipinski definition) is 3. The van der Waals surface area contributed by atoms with Crippen molar-refractivity contribution in [1.29, 1.82) is 0 Å². The highest BCUT2D eigenvalue weighted by atomic mass is 35.5. The minimum atomic E-state index is -0.447. The molecule has 0 heterocycles. The van der Waals surface area contributed by atoms with Crippen LogP contribution >= 0.6 is 23.2 Å². The Morgan fingerprint density at radius 3 is 2.45 bits per heavy atom. The van der Waals surface area contributed by atoms with Crippen LogP contribution in [0, 0.1) is 0 Å². The number of phenolic OH excluding ortho intramolecular Hbond substituents is 1. The molecule has 0 aliphatic carbocycles. The van der Waals surface area contributed by atoms with E-state index in [0.29, 0.717) is 15.7 Å². The lowest BCUT2D eigenvalue weighted by atomic mass is 10.1. The summed E-state index contributed by atoms with van der Waals surface area (Å²) in [5.74, 6) is -0.532. The average molecular weight is 337 g/mol. The number of allylic oxidation sites excluding steroid dienone is 1. The highest BCUT2D eigenvalue weighted by Gasteiger charge is 2.11. The Hall–Kier alpha value is -2.17. The summed E-state index contributed by atoms with van der Waals surface area (Å²) in [6, 6.07) is 11.4. The Kier molecular flexibility index (Phi) is 5.31. The average Bonchev–Trinajstić information content (AvgIpc) is 2.51. The SMILES string of the molecule is C/C=C(\NNC(=O)c1ccccc1O)c1ccc(Cl)c(Cl)c1. The van der Waals surface area contributed by atoms with Gasteiger partial charge in [0.15, 0.2) is 0 Å². The Bertz CT molecular complexity index is 730. The van der Waals surface area contributed by atoms with Gasteiger partial charge < -0.3 is 5.11 Å². The van der Waals surface area contributed by atoms with Crippen LogP contribution in [-0.2, 0) is 0 Å². The molecule has 22 heavy (non-hydrogen) atoms. The minimum Gasteiger partial charge on any atom is -0.507 e. The van der Waals surface area contributed by atoms with Crippen molar-refractivity contribution in [3.8, 4) is 5.75 Å². The Morgan fingerprint density at radius 1 is 1.09 bits per heavy atom. The van der Waals surface area contributed by atoms with Crippen LogP contribution in [0.25, 0.3) is 5.70 Å². The lowest BCUT2D eigenvalue weighted by molar-refractivity contribution is 0.0940. The maximum Gasteiger partial charge on any atom is 0.273 e. The van der Waals surface area contributed by atoms with Crippen LogP contribution in [-0.4, -0.2) is 11.0 Å². The maximum atomic E-state index is 12.0. The molecule has 0 aromatic heterocycles. The third-order valence-electron chi connectivity index (χ3n) is 2.98. The van der Waals surface area contributed by atoms with Gasteiger partial charge in [0, 0.05) is 5.56 Å². The first-order valence-electron chi connectivity index (χ1n) is 6.49. The second kappa shape index (κ2) is 7.20. The first-order chi connectivity index (χ1) is 10.5. The van der Waals surface area contributed by atoms with E-state index >= 15 is 0 Å². The van der Waals surface area contributed by atoms with E-state index in [-0.39, 0.29) is 11.3 Å². The van der Waals surface area contributed by atoms with E-state index in [9.17, 15) is 9.90 Å². The number of carbonyl (C=O) groups excluding carboxylic acids is 1. The highest BCUT2D eigenvalue weighted by molar-refractivity contribution is 6.42. The molecule has 2 aromatic carbocycles. The fourth-order valence-electron chi connectivity index (χ4n) is 1.83. The van der Waals surface area contributed by atoms with Gasteiger partial charge in [0.25, 0.3) is 5.91 Å². The third-order valence-corrected chi connectivity index (χ3v) is 3.72. The maximum absolute atomic E-state index is 12.0. The molecule has 3 N–H and O–H groups in total. The summed E-state index contributed by atoms with van der Waals surface area (Å²) >= 11 is 11.9. The predicted molar refractivity (Wildman–Crippen MR) is 88.8 cm³/mol. The molecule has 0 radical (unpaired) electrons. The van der Waals surface area contributed by atoms with Crippen molar-refractivity contribution < 1.29 is 9.90 Å². The largest absolute Gasteiger partial charge is 0.507 e. The number of benzene rings is 2. The Morgan fingerprint density at radius 2 is 1.82 bits per heavy atom. The molecule has 2 rings (SSSR count). The van der Waals surface area contributed by atoms with Gasteiger partial charge in [0.05, 0.1) is 21.3 Å². The molecule has 0 saturated heterocycles. The van der Waals surface area contributed by atoms with E-state index in [4.69, 9.17) is 23.2 Å². The molecule has 0 atom stereocenters. The number of nitrogens with one attached hydrogen (secondary N) is 2. The molecule has 6 heteroatoms. The number of halogens is 2. The third kappa shape index (κ3) is 3.72. The zero-order chi connectivity index (χ0) is 16.1. The zero-order valence-electron chi connectivity index (χ0n) is 11.7. The summed E-state index contributed by atoms with van der Waals surface area (Å²) in [5, 5.41) is 10.5. The van der Waals surface area contributed by atoms with Crippen molar-refractivity contribution in [3.05, 3.63) is 69.7 Å². The summed E-state index contributed by atoms with van der Waals surface area (Å²) in [4.78, 5) is 12.0. The smallest absolute Gasteiger partial charge is 0.273 e. The van der Waals surface area contributed by atoms with Gasteiger partial charge in [0.1, 0.15) is 5.75 Å². The number of para-hydroxylation sites is 1. The lowest BCUT2D eigenvalue weighted by Gasteiger charge is -2.13. The van der Waals surface area contributed by atoms with Gasteiger partial charge in [-0.2, -0.15) is 0 Å². The number of amides is 1. The predicted octanol–water partition coefficient (Wildman–Crippen LogP) is 3.99. The van der Waals surface area contributed by atoms with Crippen LogP contribution in [0.15, 0.2) is 48.5 Å². The van der Waals surface area contributed by atoms with Crippen molar-refractivity contribution in [2.24, 2.45) is 0 Å². The number of hydrazine groups is 1. The molecule has 0 aliphatic heterocycles. The van der Waals surface area contributed by atoms with Gasteiger partial charge in [0.2, 0.25) is 0 Å². The number of aromatic hydroxyl groups is 1. The Balaban J connectivity index is 2.10. The van der Waals surface area contributed by atoms with E-state index < -0.39 is 5.91 Å². The van der Waals surface area contributed by atoms with Gasteiger partial charge in [-0.25, -0.2) is 0 Å². The highest BCUT2D eigenvalue weighted by Crippen LogP contribution is 2.25. The van der Waals surface area contributed by atoms with E-state index in [1.165, 1.54) is 12.1 Å². The topological polar surface area (TPSA) is 61.4 Å². The molecular formula is C16H14Cl2N2O2. The normalized spacial score (nSPS) is 11.1. The van der Waals surface area contributed by atoms with Crippen molar-refractivity contribution >= 4 is 34.8 Å². The summed E-state index contributed by atoms with van der Waals surface area (Å²) in [7, 11) is 0. The second-order valence-electron chi connectivity index (χ2n) is 4.43. The summed E-state index contributed by atoms with van der Waals surface area (Å²) in [5.41, 5.74) is 6.94. The van der Waals surface area contributed by atoms with E-state index in [1.54, 1.807) is 36.4 Å². The first-order valence-corrected chi connectivity index (χ1v) is 7.24. The van der Waals surface area contributed by atoms with Crippen LogP contribution in [0.2, 0.25) is 10.0 Å². The summed E-state index contributed by atoms with van der Waals surface area (Å²) < 4.78 is 0. The van der Waals surface area contributed by atoms with Crippen LogP contribution in [0.3, 0.4) is 0 Å². The molecule has 4 nitrogen and oxygen atoms in total. The van der Waals surface area contributed by atoms with Crippen molar-refractivity contribution in [2.45, 2.75) is 6.92 Å². The van der Waals surface area contributed by atoms with E-state index in [0.717, 1.165) is 5.56 Å². The fourth-order valence-corrected chi connectivity index (χ4v) is 2.13. The monoisotopic (exact) mass is 336 g/mol. The van der Waals surface area contributed by atoms with Gasteiger partial charge >= 0.3 is 0 Å². The summed E-state index contributed by atoms with van der Waals surface area (Å²) in [6.45, 7) is 1.82. The number of phenols is 1. The van der Waals surface area contributed by atoms with Crippen LogP contribution < -0.4 is 10.9 Å². The molecule has 0 fully saturated rings. The molecule has 0 saturated carbocycles. The number of hydrogen-bond acceptors (Lipinski definition) is 3.